The van der Waals surface area contributed by atoms with Crippen LogP contribution >= 0.6 is 11.6 Å². The Balaban J connectivity index is 1.77. The van der Waals surface area contributed by atoms with Crippen molar-refractivity contribution < 1.29 is 4.74 Å². The Morgan fingerprint density at radius 1 is 1.28 bits per heavy atom. The molecular formula is C14H15ClN2O. The molecule has 0 aliphatic carbocycles. The molecule has 0 radical (unpaired) electrons. The van der Waals surface area contributed by atoms with E-state index in [1.165, 1.54) is 12.8 Å². The van der Waals surface area contributed by atoms with Gasteiger partial charge >= 0.3 is 0 Å². The van der Waals surface area contributed by atoms with Crippen LogP contribution in [0.15, 0.2) is 18.2 Å². The van der Waals surface area contributed by atoms with Crippen molar-refractivity contribution in [2.24, 2.45) is 0 Å². The van der Waals surface area contributed by atoms with Crippen molar-refractivity contribution in [2.45, 2.75) is 43.9 Å². The molecule has 4 heteroatoms. The van der Waals surface area contributed by atoms with E-state index in [4.69, 9.17) is 21.6 Å². The van der Waals surface area contributed by atoms with Gasteiger partial charge in [0.25, 0.3) is 0 Å². The molecule has 1 aromatic carbocycles. The van der Waals surface area contributed by atoms with Gasteiger partial charge in [0.2, 0.25) is 0 Å². The predicted octanol–water partition coefficient (Wildman–Crippen LogP) is 2.87. The van der Waals surface area contributed by atoms with Gasteiger partial charge in [0.15, 0.2) is 0 Å². The van der Waals surface area contributed by atoms with Crippen LogP contribution in [-0.4, -0.2) is 18.2 Å². The van der Waals surface area contributed by atoms with Crippen LogP contribution in [0.1, 0.15) is 31.2 Å². The van der Waals surface area contributed by atoms with Gasteiger partial charge in [-0.15, -0.1) is 0 Å². The molecule has 94 valence electrons. The average molecular weight is 263 g/mol. The second-order valence-electron chi connectivity index (χ2n) is 5.07. The third-order valence-electron chi connectivity index (χ3n) is 3.81. The first-order valence-electron chi connectivity index (χ1n) is 6.37. The quantitative estimate of drug-likeness (QED) is 0.891. The van der Waals surface area contributed by atoms with Crippen molar-refractivity contribution in [3.8, 4) is 11.8 Å². The summed E-state index contributed by atoms with van der Waals surface area (Å²) in [7, 11) is 0. The summed E-state index contributed by atoms with van der Waals surface area (Å²) in [5, 5.41) is 13.2. The molecule has 0 spiro atoms. The van der Waals surface area contributed by atoms with Crippen molar-refractivity contribution >= 4 is 11.6 Å². The highest BCUT2D eigenvalue weighted by Gasteiger charge is 2.34. The summed E-state index contributed by atoms with van der Waals surface area (Å²) < 4.78 is 5.99. The molecule has 2 heterocycles. The first-order valence-corrected chi connectivity index (χ1v) is 6.75. The van der Waals surface area contributed by atoms with E-state index in [-0.39, 0.29) is 6.10 Å². The van der Waals surface area contributed by atoms with Gasteiger partial charge in [-0.2, -0.15) is 5.26 Å². The number of hydrogen-bond donors (Lipinski definition) is 1. The molecule has 2 bridgehead atoms. The number of nitrogens with one attached hydrogen (secondary N) is 1. The highest BCUT2D eigenvalue weighted by molar-refractivity contribution is 6.31. The van der Waals surface area contributed by atoms with E-state index in [9.17, 15) is 0 Å². The van der Waals surface area contributed by atoms with Crippen molar-refractivity contribution in [3.05, 3.63) is 28.8 Å². The van der Waals surface area contributed by atoms with E-state index in [0.717, 1.165) is 12.8 Å². The molecule has 2 saturated heterocycles. The Morgan fingerprint density at radius 2 is 2.00 bits per heavy atom. The molecule has 2 aliphatic rings. The number of hydrogen-bond acceptors (Lipinski definition) is 3. The molecule has 1 N–H and O–H groups in total. The van der Waals surface area contributed by atoms with Crippen LogP contribution in [0.5, 0.6) is 5.75 Å². The van der Waals surface area contributed by atoms with E-state index < -0.39 is 0 Å². The Kier molecular flexibility index (Phi) is 3.15. The minimum absolute atomic E-state index is 0.203. The van der Waals surface area contributed by atoms with Crippen LogP contribution in [0.3, 0.4) is 0 Å². The standard InChI is InChI=1S/C14H15ClN2O/c15-13-2-1-3-14(12(13)8-16)18-11-6-9-4-5-10(7-11)17-9/h1-3,9-11,17H,4-7H2. The summed E-state index contributed by atoms with van der Waals surface area (Å²) >= 11 is 6.00. The van der Waals surface area contributed by atoms with Crippen LogP contribution in [0.25, 0.3) is 0 Å². The van der Waals surface area contributed by atoms with Gasteiger partial charge in [0.1, 0.15) is 23.5 Å². The Hall–Kier alpha value is -1.24. The van der Waals surface area contributed by atoms with Crippen LogP contribution in [0.4, 0.5) is 0 Å². The van der Waals surface area contributed by atoms with Crippen LogP contribution in [-0.2, 0) is 0 Å². The minimum Gasteiger partial charge on any atom is -0.489 e. The van der Waals surface area contributed by atoms with Gasteiger partial charge in [-0.3, -0.25) is 0 Å². The van der Waals surface area contributed by atoms with Crippen LogP contribution in [0.2, 0.25) is 5.02 Å². The highest BCUT2D eigenvalue weighted by Crippen LogP contribution is 2.32. The Labute approximate surface area is 112 Å². The zero-order valence-corrected chi connectivity index (χ0v) is 10.8. The maximum absolute atomic E-state index is 9.12. The van der Waals surface area contributed by atoms with Crippen molar-refractivity contribution in [1.82, 2.24) is 5.32 Å². The summed E-state index contributed by atoms with van der Waals surface area (Å²) in [6.45, 7) is 0. The van der Waals surface area contributed by atoms with E-state index in [1.54, 1.807) is 6.07 Å². The molecule has 2 atom stereocenters. The van der Waals surface area contributed by atoms with E-state index in [0.29, 0.717) is 28.4 Å². The number of nitrogens with zero attached hydrogens (tertiary/aromatic N) is 1. The van der Waals surface area contributed by atoms with E-state index in [1.807, 2.05) is 12.1 Å². The number of nitriles is 1. The van der Waals surface area contributed by atoms with Crippen LogP contribution < -0.4 is 10.1 Å². The van der Waals surface area contributed by atoms with Gasteiger partial charge in [0, 0.05) is 12.1 Å². The Morgan fingerprint density at radius 3 is 2.67 bits per heavy atom. The van der Waals surface area contributed by atoms with E-state index >= 15 is 0 Å². The summed E-state index contributed by atoms with van der Waals surface area (Å²) in [5.41, 5.74) is 0.449. The van der Waals surface area contributed by atoms with Gasteiger partial charge in [-0.25, -0.2) is 0 Å². The third-order valence-corrected chi connectivity index (χ3v) is 4.13. The van der Waals surface area contributed by atoms with Gasteiger partial charge in [-0.1, -0.05) is 17.7 Å². The number of benzene rings is 1. The SMILES string of the molecule is N#Cc1c(Cl)cccc1OC1CC2CCC(C1)N2. The van der Waals surface area contributed by atoms with Crippen molar-refractivity contribution in [2.75, 3.05) is 0 Å². The second-order valence-corrected chi connectivity index (χ2v) is 5.48. The first-order chi connectivity index (χ1) is 8.76. The fourth-order valence-electron chi connectivity index (χ4n) is 2.99. The Bertz CT molecular complexity index is 485. The number of halogens is 1. The second kappa shape index (κ2) is 4.79. The summed E-state index contributed by atoms with van der Waals surface area (Å²) in [6.07, 6.45) is 4.73. The van der Waals surface area contributed by atoms with E-state index in [2.05, 4.69) is 11.4 Å². The molecule has 1 aromatic rings. The smallest absolute Gasteiger partial charge is 0.139 e. The third kappa shape index (κ3) is 2.19. The summed E-state index contributed by atoms with van der Waals surface area (Å²) in [5.74, 6) is 0.622. The lowest BCUT2D eigenvalue weighted by atomic mass is 10.0. The number of piperidine rings is 1. The molecular weight excluding hydrogens is 248 g/mol. The van der Waals surface area contributed by atoms with Gasteiger partial charge < -0.3 is 10.1 Å². The first kappa shape index (κ1) is 11.8. The topological polar surface area (TPSA) is 45.0 Å². The molecule has 18 heavy (non-hydrogen) atoms. The van der Waals surface area contributed by atoms with Gasteiger partial charge in [0.05, 0.1) is 5.02 Å². The van der Waals surface area contributed by atoms with Crippen LogP contribution in [0, 0.1) is 11.3 Å². The number of rotatable bonds is 2. The molecule has 3 nitrogen and oxygen atoms in total. The number of fused-ring (bicyclic) bond motifs is 2. The van der Waals surface area contributed by atoms with Crippen molar-refractivity contribution in [1.29, 1.82) is 5.26 Å². The fraction of sp³-hybridized carbons (Fsp3) is 0.500. The maximum atomic E-state index is 9.12. The minimum atomic E-state index is 0.203. The lowest BCUT2D eigenvalue weighted by molar-refractivity contribution is 0.137. The monoisotopic (exact) mass is 262 g/mol. The molecule has 0 saturated carbocycles. The molecule has 2 fully saturated rings. The number of ether oxygens (including phenoxy) is 1. The lowest BCUT2D eigenvalue weighted by Gasteiger charge is -2.29. The van der Waals surface area contributed by atoms with Crippen molar-refractivity contribution in [3.63, 3.8) is 0 Å². The summed E-state index contributed by atoms with van der Waals surface area (Å²) in [6, 6.07) is 8.66. The molecule has 0 amide bonds. The molecule has 0 aromatic heterocycles. The zero-order valence-electron chi connectivity index (χ0n) is 10.0. The zero-order chi connectivity index (χ0) is 12.5. The normalized spacial score (nSPS) is 29.9. The molecule has 2 unspecified atom stereocenters. The molecule has 3 rings (SSSR count). The largest absolute Gasteiger partial charge is 0.489 e. The average Bonchev–Trinajstić information content (AvgIpc) is 2.69. The highest BCUT2D eigenvalue weighted by atomic mass is 35.5. The maximum Gasteiger partial charge on any atom is 0.139 e. The van der Waals surface area contributed by atoms with Gasteiger partial charge in [-0.05, 0) is 37.8 Å². The lowest BCUT2D eigenvalue weighted by Crippen LogP contribution is -2.42. The molecule has 2 aliphatic heterocycles. The fourth-order valence-corrected chi connectivity index (χ4v) is 3.20. The predicted molar refractivity (Wildman–Crippen MR) is 69.8 cm³/mol. The summed E-state index contributed by atoms with van der Waals surface area (Å²) in [4.78, 5) is 0.